The standard InChI is InChI=1S/C26H23ClF2N6O3S/c1-30-21-7-5-6-16(31-21)13-17-14-19(33-18-10-9-15(27)12-20(18)39(2,36)37)23-25(32-17)35(26(34-23)24(28)29)22-8-3-4-11-38-22/h5-7,9-10,12,14,22,24H,3-4,8,11,13H2,2H3,(H,32,33). The lowest BCUT2D eigenvalue weighted by Crippen LogP contribution is -2.20. The van der Waals surface area contributed by atoms with Gasteiger partial charge in [0.25, 0.3) is 12.2 Å². The molecule has 0 saturated carbocycles. The largest absolute Gasteiger partial charge is 0.361 e. The zero-order valence-corrected chi connectivity index (χ0v) is 22.3. The van der Waals surface area contributed by atoms with Crippen LogP contribution < -0.4 is 5.32 Å². The highest BCUT2D eigenvalue weighted by Crippen LogP contribution is 2.37. The second-order valence-electron chi connectivity index (χ2n) is 9.11. The molecule has 13 heteroatoms. The monoisotopic (exact) mass is 572 g/mol. The van der Waals surface area contributed by atoms with Crippen LogP contribution in [0.2, 0.25) is 5.02 Å². The molecule has 1 N–H and O–H groups in total. The predicted molar refractivity (Wildman–Crippen MR) is 142 cm³/mol. The molecule has 3 aromatic heterocycles. The quantitative estimate of drug-likeness (QED) is 0.255. The Hall–Kier alpha value is -3.66. The third-order valence-electron chi connectivity index (χ3n) is 6.25. The SMILES string of the molecule is [C-]#[N+]c1cccc(Cc2cc(Nc3ccc(Cl)cc3S(C)(=O)=O)c3nc(C(F)F)n(C4CCCCO4)c3n2)n1. The lowest BCUT2D eigenvalue weighted by Gasteiger charge is -2.25. The number of sulfone groups is 1. The topological polar surface area (TPSA) is 103 Å². The maximum Gasteiger partial charge on any atom is 0.295 e. The maximum atomic E-state index is 14.3. The molecule has 1 atom stereocenters. The van der Waals surface area contributed by atoms with Crippen LogP contribution in [0.1, 0.15) is 49.1 Å². The molecule has 1 saturated heterocycles. The van der Waals surface area contributed by atoms with Crippen molar-refractivity contribution in [2.24, 2.45) is 0 Å². The van der Waals surface area contributed by atoms with E-state index in [-0.39, 0.29) is 44.7 Å². The Kier molecular flexibility index (Phi) is 7.48. The number of fused-ring (bicyclic) bond motifs is 1. The summed E-state index contributed by atoms with van der Waals surface area (Å²) < 4.78 is 60.7. The summed E-state index contributed by atoms with van der Waals surface area (Å²) in [7, 11) is -3.70. The van der Waals surface area contributed by atoms with Crippen LogP contribution in [0.4, 0.5) is 26.0 Å². The highest BCUT2D eigenvalue weighted by atomic mass is 35.5. The number of anilines is 2. The maximum absolute atomic E-state index is 14.3. The van der Waals surface area contributed by atoms with Crippen molar-refractivity contribution in [2.45, 2.75) is 43.2 Å². The van der Waals surface area contributed by atoms with E-state index >= 15 is 0 Å². The van der Waals surface area contributed by atoms with Crippen molar-refractivity contribution in [2.75, 3.05) is 18.2 Å². The Morgan fingerprint density at radius 3 is 2.67 bits per heavy atom. The van der Waals surface area contributed by atoms with Crippen molar-refractivity contribution in [3.05, 3.63) is 76.1 Å². The minimum Gasteiger partial charge on any atom is -0.361 e. The van der Waals surface area contributed by atoms with Crippen LogP contribution in [0.3, 0.4) is 0 Å². The van der Waals surface area contributed by atoms with Gasteiger partial charge in [0.2, 0.25) is 0 Å². The summed E-state index contributed by atoms with van der Waals surface area (Å²) in [5.41, 5.74) is 1.80. The number of alkyl halides is 2. The average molecular weight is 573 g/mol. The minimum absolute atomic E-state index is 0.0583. The Balaban J connectivity index is 1.71. The van der Waals surface area contributed by atoms with Crippen LogP contribution in [0.15, 0.2) is 47.4 Å². The summed E-state index contributed by atoms with van der Waals surface area (Å²) in [6, 6.07) is 11.0. The van der Waals surface area contributed by atoms with Gasteiger partial charge in [0.1, 0.15) is 17.4 Å². The van der Waals surface area contributed by atoms with Crippen molar-refractivity contribution in [1.82, 2.24) is 19.5 Å². The molecule has 4 aromatic rings. The zero-order valence-electron chi connectivity index (χ0n) is 20.7. The lowest BCUT2D eigenvalue weighted by atomic mass is 10.1. The summed E-state index contributed by atoms with van der Waals surface area (Å²) in [6.07, 6.45) is -0.190. The molecule has 202 valence electrons. The molecule has 1 fully saturated rings. The number of hydrogen-bond acceptors (Lipinski definition) is 7. The van der Waals surface area contributed by atoms with Crippen molar-refractivity contribution >= 4 is 49.8 Å². The van der Waals surface area contributed by atoms with E-state index in [9.17, 15) is 17.2 Å². The van der Waals surface area contributed by atoms with E-state index in [4.69, 9.17) is 22.9 Å². The number of rotatable bonds is 7. The molecule has 39 heavy (non-hydrogen) atoms. The molecule has 0 radical (unpaired) electrons. The van der Waals surface area contributed by atoms with E-state index in [1.165, 1.54) is 22.8 Å². The zero-order chi connectivity index (χ0) is 27.7. The summed E-state index contributed by atoms with van der Waals surface area (Å²) in [5, 5.41) is 3.30. The normalized spacial score (nSPS) is 15.9. The van der Waals surface area contributed by atoms with E-state index in [2.05, 4.69) is 25.1 Å². The van der Waals surface area contributed by atoms with Crippen LogP contribution >= 0.6 is 11.6 Å². The van der Waals surface area contributed by atoms with Crippen molar-refractivity contribution < 1.29 is 21.9 Å². The van der Waals surface area contributed by atoms with E-state index in [1.807, 2.05) is 0 Å². The first-order valence-corrected chi connectivity index (χ1v) is 14.3. The molecule has 0 spiro atoms. The molecular formula is C26H23ClF2N6O3S. The molecule has 9 nitrogen and oxygen atoms in total. The number of ether oxygens (including phenoxy) is 1. The van der Waals surface area contributed by atoms with Gasteiger partial charge in [0.05, 0.1) is 28.4 Å². The predicted octanol–water partition coefficient (Wildman–Crippen LogP) is 6.41. The smallest absolute Gasteiger partial charge is 0.295 e. The lowest BCUT2D eigenvalue weighted by molar-refractivity contribution is -0.0363. The third-order valence-corrected chi connectivity index (χ3v) is 7.62. The number of pyridine rings is 2. The van der Waals surface area contributed by atoms with Gasteiger partial charge < -0.3 is 14.9 Å². The van der Waals surface area contributed by atoms with Crippen molar-refractivity contribution in [3.63, 3.8) is 0 Å². The molecule has 1 aromatic carbocycles. The van der Waals surface area contributed by atoms with Gasteiger partial charge in [0.15, 0.2) is 21.3 Å². The Morgan fingerprint density at radius 2 is 1.97 bits per heavy atom. The third kappa shape index (κ3) is 5.71. The number of imidazole rings is 1. The van der Waals surface area contributed by atoms with Crippen LogP contribution in [0.5, 0.6) is 0 Å². The Bertz CT molecular complexity index is 1700. The van der Waals surface area contributed by atoms with Gasteiger partial charge in [0, 0.05) is 17.9 Å². The second kappa shape index (κ2) is 10.8. The fourth-order valence-electron chi connectivity index (χ4n) is 4.55. The first-order chi connectivity index (χ1) is 18.6. The fraction of sp³-hybridized carbons (Fsp3) is 0.308. The number of halogens is 3. The number of nitrogens with zero attached hydrogens (tertiary/aromatic N) is 5. The highest BCUT2D eigenvalue weighted by molar-refractivity contribution is 7.90. The van der Waals surface area contributed by atoms with Crippen LogP contribution in [-0.2, 0) is 21.0 Å². The molecular weight excluding hydrogens is 550 g/mol. The second-order valence-corrected chi connectivity index (χ2v) is 11.5. The van der Waals surface area contributed by atoms with Gasteiger partial charge in [-0.15, -0.1) is 4.98 Å². The number of aromatic nitrogens is 4. The highest BCUT2D eigenvalue weighted by Gasteiger charge is 2.29. The van der Waals surface area contributed by atoms with Gasteiger partial charge in [-0.3, -0.25) is 4.57 Å². The molecule has 1 aliphatic rings. The first kappa shape index (κ1) is 26.9. The minimum atomic E-state index is -3.70. The van der Waals surface area contributed by atoms with Gasteiger partial charge >= 0.3 is 0 Å². The summed E-state index contributed by atoms with van der Waals surface area (Å²) in [5.74, 6) is -0.274. The van der Waals surface area contributed by atoms with Crippen LogP contribution in [0, 0.1) is 6.57 Å². The Labute approximate surface area is 228 Å². The van der Waals surface area contributed by atoms with Crippen LogP contribution in [0.25, 0.3) is 16.0 Å². The summed E-state index contributed by atoms with van der Waals surface area (Å²) >= 11 is 6.06. The molecule has 1 aliphatic heterocycles. The molecule has 1 unspecified atom stereocenters. The van der Waals surface area contributed by atoms with E-state index < -0.39 is 28.3 Å². The number of benzene rings is 1. The van der Waals surface area contributed by atoms with Gasteiger partial charge in [-0.2, -0.15) is 0 Å². The molecule has 0 bridgehead atoms. The van der Waals surface area contributed by atoms with Crippen molar-refractivity contribution in [3.8, 4) is 0 Å². The Morgan fingerprint density at radius 1 is 1.15 bits per heavy atom. The average Bonchev–Trinajstić information content (AvgIpc) is 3.30. The van der Waals surface area contributed by atoms with Gasteiger partial charge in [-0.1, -0.05) is 24.2 Å². The van der Waals surface area contributed by atoms with E-state index in [0.29, 0.717) is 24.4 Å². The van der Waals surface area contributed by atoms with Crippen molar-refractivity contribution in [1.29, 1.82) is 0 Å². The van der Waals surface area contributed by atoms with Crippen LogP contribution in [-0.4, -0.2) is 40.8 Å². The first-order valence-electron chi connectivity index (χ1n) is 12.1. The van der Waals surface area contributed by atoms with E-state index in [1.54, 1.807) is 24.3 Å². The molecule has 4 heterocycles. The molecule has 0 aliphatic carbocycles. The number of nitrogens with one attached hydrogen (secondary N) is 1. The molecule has 0 amide bonds. The number of hydrogen-bond donors (Lipinski definition) is 1. The fourth-order valence-corrected chi connectivity index (χ4v) is 5.64. The van der Waals surface area contributed by atoms with Gasteiger partial charge in [-0.25, -0.2) is 27.2 Å². The van der Waals surface area contributed by atoms with E-state index in [0.717, 1.165) is 19.1 Å². The molecule has 5 rings (SSSR count). The van der Waals surface area contributed by atoms with Gasteiger partial charge in [-0.05, 0) is 55.7 Å². The summed E-state index contributed by atoms with van der Waals surface area (Å²) in [4.78, 5) is 16.5. The summed E-state index contributed by atoms with van der Waals surface area (Å²) in [6.45, 7) is 7.66.